The summed E-state index contributed by atoms with van der Waals surface area (Å²) in [6, 6.07) is 17.7. The van der Waals surface area contributed by atoms with E-state index in [1.165, 1.54) is 0 Å². The molecule has 35 heavy (non-hydrogen) atoms. The molecule has 4 rings (SSSR count). The SMILES string of the molecule is CC(C)C(=O)N1CCC(NC(=O)/C=C/c2cn(Cc3ccccc3Cl)nc2-c2ccccc2)CC1. The highest BCUT2D eigenvalue weighted by atomic mass is 35.5. The fourth-order valence-corrected chi connectivity index (χ4v) is 4.48. The van der Waals surface area contributed by atoms with Crippen LogP contribution in [0.25, 0.3) is 17.3 Å². The van der Waals surface area contributed by atoms with Crippen molar-refractivity contribution >= 4 is 29.5 Å². The standard InChI is InChI=1S/C28H31ClN4O2/c1-20(2)28(35)32-16-14-24(15-17-32)30-26(34)13-12-23-19-33(18-22-10-6-7-11-25(22)29)31-27(23)21-8-4-3-5-9-21/h3-13,19-20,24H,14-18H2,1-2H3,(H,30,34)/b13-12+. The average molecular weight is 491 g/mol. The van der Waals surface area contributed by atoms with Gasteiger partial charge in [0, 0.05) is 53.5 Å². The molecule has 2 aromatic carbocycles. The lowest BCUT2D eigenvalue weighted by atomic mass is 10.0. The van der Waals surface area contributed by atoms with Crippen molar-refractivity contribution in [3.05, 3.63) is 83.0 Å². The molecule has 0 unspecified atom stereocenters. The lowest BCUT2D eigenvalue weighted by Crippen LogP contribution is -2.47. The van der Waals surface area contributed by atoms with E-state index in [0.717, 1.165) is 35.2 Å². The number of aromatic nitrogens is 2. The highest BCUT2D eigenvalue weighted by molar-refractivity contribution is 6.31. The number of piperidine rings is 1. The van der Waals surface area contributed by atoms with Crippen molar-refractivity contribution in [3.63, 3.8) is 0 Å². The smallest absolute Gasteiger partial charge is 0.244 e. The molecule has 0 atom stereocenters. The monoisotopic (exact) mass is 490 g/mol. The molecule has 6 nitrogen and oxygen atoms in total. The number of hydrogen-bond donors (Lipinski definition) is 1. The number of carbonyl (C=O) groups is 2. The van der Waals surface area contributed by atoms with Crippen molar-refractivity contribution in [2.75, 3.05) is 13.1 Å². The highest BCUT2D eigenvalue weighted by Gasteiger charge is 2.24. The summed E-state index contributed by atoms with van der Waals surface area (Å²) in [5.74, 6) is 0.0372. The van der Waals surface area contributed by atoms with E-state index in [1.54, 1.807) is 6.08 Å². The Morgan fingerprint density at radius 3 is 2.46 bits per heavy atom. The van der Waals surface area contributed by atoms with Gasteiger partial charge in [0.1, 0.15) is 0 Å². The Hall–Kier alpha value is -3.38. The van der Waals surface area contributed by atoms with E-state index in [2.05, 4.69) is 5.32 Å². The van der Waals surface area contributed by atoms with Crippen LogP contribution in [-0.2, 0) is 16.1 Å². The summed E-state index contributed by atoms with van der Waals surface area (Å²) < 4.78 is 1.85. The third-order valence-electron chi connectivity index (χ3n) is 6.19. The zero-order valence-electron chi connectivity index (χ0n) is 20.2. The van der Waals surface area contributed by atoms with Gasteiger partial charge in [0.2, 0.25) is 11.8 Å². The molecular formula is C28H31ClN4O2. The molecule has 1 N–H and O–H groups in total. The maximum atomic E-state index is 12.7. The van der Waals surface area contributed by atoms with Crippen LogP contribution in [-0.4, -0.2) is 45.6 Å². The van der Waals surface area contributed by atoms with E-state index in [4.69, 9.17) is 16.7 Å². The minimum atomic E-state index is -0.142. The van der Waals surface area contributed by atoms with Crippen molar-refractivity contribution in [3.8, 4) is 11.3 Å². The number of benzene rings is 2. The van der Waals surface area contributed by atoms with Crippen LogP contribution in [0.4, 0.5) is 0 Å². The molecule has 2 heterocycles. The number of rotatable bonds is 7. The van der Waals surface area contributed by atoms with Crippen LogP contribution in [0.3, 0.4) is 0 Å². The third kappa shape index (κ3) is 6.40. The first-order valence-corrected chi connectivity index (χ1v) is 12.4. The summed E-state index contributed by atoms with van der Waals surface area (Å²) in [6.45, 7) is 5.73. The minimum absolute atomic E-state index is 0.00159. The molecule has 1 aliphatic heterocycles. The predicted octanol–water partition coefficient (Wildman–Crippen LogP) is 5.03. The number of likely N-dealkylation sites (tertiary alicyclic amines) is 1. The van der Waals surface area contributed by atoms with Crippen LogP contribution in [0.2, 0.25) is 5.02 Å². The fraction of sp³-hybridized carbons (Fsp3) is 0.321. The minimum Gasteiger partial charge on any atom is -0.350 e. The Bertz CT molecular complexity index is 1190. The second-order valence-corrected chi connectivity index (χ2v) is 9.59. The summed E-state index contributed by atoms with van der Waals surface area (Å²) in [4.78, 5) is 26.8. The topological polar surface area (TPSA) is 67.2 Å². The maximum Gasteiger partial charge on any atom is 0.244 e. The number of amides is 2. The number of halogens is 1. The molecule has 0 saturated carbocycles. The molecule has 2 amide bonds. The molecule has 1 saturated heterocycles. The molecule has 0 spiro atoms. The Balaban J connectivity index is 1.45. The van der Waals surface area contributed by atoms with Crippen LogP contribution >= 0.6 is 11.6 Å². The Kier molecular flexibility index (Phi) is 8.03. The maximum absolute atomic E-state index is 12.7. The van der Waals surface area contributed by atoms with E-state index in [0.29, 0.717) is 24.7 Å². The van der Waals surface area contributed by atoms with Crippen molar-refractivity contribution < 1.29 is 9.59 Å². The lowest BCUT2D eigenvalue weighted by Gasteiger charge is -2.33. The third-order valence-corrected chi connectivity index (χ3v) is 6.56. The number of nitrogens with one attached hydrogen (secondary N) is 1. The van der Waals surface area contributed by atoms with Gasteiger partial charge in [-0.05, 0) is 30.5 Å². The van der Waals surface area contributed by atoms with Gasteiger partial charge < -0.3 is 10.2 Å². The second kappa shape index (κ2) is 11.4. The first-order chi connectivity index (χ1) is 16.9. The van der Waals surface area contributed by atoms with E-state index in [9.17, 15) is 9.59 Å². The molecule has 0 aliphatic carbocycles. The summed E-state index contributed by atoms with van der Waals surface area (Å²) in [5, 5.41) is 8.57. The molecule has 1 aliphatic rings. The van der Waals surface area contributed by atoms with Crippen LogP contribution in [0, 0.1) is 5.92 Å². The Labute approximate surface area is 211 Å². The van der Waals surface area contributed by atoms with Gasteiger partial charge in [-0.3, -0.25) is 14.3 Å². The fourth-order valence-electron chi connectivity index (χ4n) is 4.29. The summed E-state index contributed by atoms with van der Waals surface area (Å²) in [7, 11) is 0. The van der Waals surface area contributed by atoms with Gasteiger partial charge in [-0.1, -0.05) is 74.0 Å². The van der Waals surface area contributed by atoms with Crippen molar-refractivity contribution in [2.45, 2.75) is 39.3 Å². The molecule has 7 heteroatoms. The normalized spacial score (nSPS) is 14.6. The predicted molar refractivity (Wildman–Crippen MR) is 140 cm³/mol. The summed E-state index contributed by atoms with van der Waals surface area (Å²) in [6.07, 6.45) is 6.84. The van der Waals surface area contributed by atoms with Gasteiger partial charge in [0.25, 0.3) is 0 Å². The molecule has 1 fully saturated rings. The van der Waals surface area contributed by atoms with E-state index >= 15 is 0 Å². The van der Waals surface area contributed by atoms with Crippen LogP contribution < -0.4 is 5.32 Å². The van der Waals surface area contributed by atoms with Gasteiger partial charge in [-0.25, -0.2) is 0 Å². The van der Waals surface area contributed by atoms with Gasteiger partial charge in [-0.15, -0.1) is 0 Å². The van der Waals surface area contributed by atoms with E-state index < -0.39 is 0 Å². The molecule has 1 aromatic heterocycles. The summed E-state index contributed by atoms with van der Waals surface area (Å²) >= 11 is 6.34. The number of hydrogen-bond acceptors (Lipinski definition) is 3. The van der Waals surface area contributed by atoms with Crippen molar-refractivity contribution in [1.29, 1.82) is 0 Å². The van der Waals surface area contributed by atoms with E-state index in [-0.39, 0.29) is 23.8 Å². The van der Waals surface area contributed by atoms with Gasteiger partial charge in [-0.2, -0.15) is 5.10 Å². The number of carbonyl (C=O) groups excluding carboxylic acids is 2. The summed E-state index contributed by atoms with van der Waals surface area (Å²) in [5.41, 5.74) is 3.62. The van der Waals surface area contributed by atoms with E-state index in [1.807, 2.05) is 90.3 Å². The molecule has 0 radical (unpaired) electrons. The quantitative estimate of drug-likeness (QED) is 0.472. The first kappa shape index (κ1) is 24.7. The van der Waals surface area contributed by atoms with Crippen LogP contribution in [0.5, 0.6) is 0 Å². The zero-order valence-corrected chi connectivity index (χ0v) is 20.9. The second-order valence-electron chi connectivity index (χ2n) is 9.18. The van der Waals surface area contributed by atoms with Gasteiger partial charge in [0.15, 0.2) is 0 Å². The van der Waals surface area contributed by atoms with Gasteiger partial charge in [0.05, 0.1) is 12.2 Å². The number of nitrogens with zero attached hydrogens (tertiary/aromatic N) is 3. The van der Waals surface area contributed by atoms with Crippen LogP contribution in [0.15, 0.2) is 66.9 Å². The lowest BCUT2D eigenvalue weighted by molar-refractivity contribution is -0.135. The molecule has 0 bridgehead atoms. The Morgan fingerprint density at radius 2 is 1.77 bits per heavy atom. The zero-order chi connectivity index (χ0) is 24.8. The largest absolute Gasteiger partial charge is 0.350 e. The average Bonchev–Trinajstić information content (AvgIpc) is 3.27. The van der Waals surface area contributed by atoms with Crippen molar-refractivity contribution in [1.82, 2.24) is 20.0 Å². The van der Waals surface area contributed by atoms with Gasteiger partial charge >= 0.3 is 0 Å². The Morgan fingerprint density at radius 1 is 1.09 bits per heavy atom. The molecular weight excluding hydrogens is 460 g/mol. The van der Waals surface area contributed by atoms with Crippen molar-refractivity contribution in [2.24, 2.45) is 5.92 Å². The first-order valence-electron chi connectivity index (χ1n) is 12.0. The van der Waals surface area contributed by atoms with Crippen LogP contribution in [0.1, 0.15) is 37.8 Å². The molecule has 3 aromatic rings. The highest BCUT2D eigenvalue weighted by Crippen LogP contribution is 2.24. The molecule has 182 valence electrons.